The van der Waals surface area contributed by atoms with E-state index in [0.29, 0.717) is 0 Å². The highest BCUT2D eigenvalue weighted by Crippen LogP contribution is 2.43. The Hall–Kier alpha value is -1.89. The molecule has 1 aliphatic rings. The van der Waals surface area contributed by atoms with Gasteiger partial charge in [0.25, 0.3) is 0 Å². The molecule has 1 aromatic carbocycles. The molecule has 100 valence electrons. The van der Waals surface area contributed by atoms with Crippen LogP contribution in [0.3, 0.4) is 0 Å². The van der Waals surface area contributed by atoms with Crippen LogP contribution in [0.5, 0.6) is 0 Å². The molecule has 0 saturated heterocycles. The van der Waals surface area contributed by atoms with Crippen LogP contribution in [0.1, 0.15) is 38.7 Å². The number of carbonyl (C=O) groups is 1. The van der Waals surface area contributed by atoms with Gasteiger partial charge in [0.15, 0.2) is 0 Å². The van der Waals surface area contributed by atoms with Crippen molar-refractivity contribution in [1.29, 1.82) is 5.26 Å². The molecule has 1 amide bonds. The second-order valence-electron chi connectivity index (χ2n) is 5.70. The Morgan fingerprint density at radius 1 is 1.53 bits per heavy atom. The van der Waals surface area contributed by atoms with Gasteiger partial charge in [-0.2, -0.15) is 5.26 Å². The molecule has 1 aromatic rings. The van der Waals surface area contributed by atoms with E-state index in [0.717, 1.165) is 19.3 Å². The normalized spacial score (nSPS) is 20.8. The maximum atomic E-state index is 13.5. The molecule has 1 saturated carbocycles. The molecule has 1 atom stereocenters. The highest BCUT2D eigenvalue weighted by atomic mass is 19.1. The molecule has 2 rings (SSSR count). The van der Waals surface area contributed by atoms with E-state index in [1.807, 2.05) is 0 Å². The van der Waals surface area contributed by atoms with Gasteiger partial charge in [0.05, 0.1) is 5.69 Å². The van der Waals surface area contributed by atoms with Gasteiger partial charge in [0.1, 0.15) is 17.4 Å². The summed E-state index contributed by atoms with van der Waals surface area (Å²) in [5.41, 5.74) is 0.117. The number of carbonyl (C=O) groups excluding carboxylic acids is 1. The second-order valence-corrected chi connectivity index (χ2v) is 5.70. The van der Waals surface area contributed by atoms with E-state index in [1.54, 1.807) is 12.1 Å². The monoisotopic (exact) mass is 260 g/mol. The lowest BCUT2D eigenvalue weighted by atomic mass is 9.81. The van der Waals surface area contributed by atoms with E-state index in [4.69, 9.17) is 5.26 Å². The topological polar surface area (TPSA) is 52.9 Å². The minimum absolute atomic E-state index is 0.0375. The third-order valence-corrected chi connectivity index (χ3v) is 3.96. The van der Waals surface area contributed by atoms with Crippen LogP contribution in [0, 0.1) is 28.5 Å². The first-order chi connectivity index (χ1) is 8.95. The SMILES string of the molecule is CC1(C)CCCC1C(=O)Nc1cccc(F)c1C#N. The lowest BCUT2D eigenvalue weighted by Gasteiger charge is -2.26. The summed E-state index contributed by atoms with van der Waals surface area (Å²) < 4.78 is 13.5. The zero-order valence-corrected chi connectivity index (χ0v) is 11.2. The van der Waals surface area contributed by atoms with Crippen molar-refractivity contribution in [2.24, 2.45) is 11.3 Å². The second kappa shape index (κ2) is 5.00. The molecule has 4 heteroatoms. The predicted octanol–water partition coefficient (Wildman–Crippen LogP) is 3.46. The zero-order valence-electron chi connectivity index (χ0n) is 11.2. The number of hydrogen-bond donors (Lipinski definition) is 1. The highest BCUT2D eigenvalue weighted by molar-refractivity contribution is 5.94. The molecule has 0 heterocycles. The summed E-state index contributed by atoms with van der Waals surface area (Å²) in [6.45, 7) is 4.14. The Labute approximate surface area is 112 Å². The Bertz CT molecular complexity index is 546. The Morgan fingerprint density at radius 3 is 2.84 bits per heavy atom. The van der Waals surface area contributed by atoms with Crippen molar-refractivity contribution in [3.63, 3.8) is 0 Å². The molecular weight excluding hydrogens is 243 g/mol. The fraction of sp³-hybridized carbons (Fsp3) is 0.467. The largest absolute Gasteiger partial charge is 0.325 e. The van der Waals surface area contributed by atoms with E-state index in [2.05, 4.69) is 19.2 Å². The van der Waals surface area contributed by atoms with E-state index in [-0.39, 0.29) is 28.5 Å². The van der Waals surface area contributed by atoms with Gasteiger partial charge < -0.3 is 5.32 Å². The van der Waals surface area contributed by atoms with Crippen LogP contribution in [0.4, 0.5) is 10.1 Å². The van der Waals surface area contributed by atoms with E-state index >= 15 is 0 Å². The van der Waals surface area contributed by atoms with E-state index < -0.39 is 5.82 Å². The fourth-order valence-electron chi connectivity index (χ4n) is 2.77. The van der Waals surface area contributed by atoms with Crippen molar-refractivity contribution in [1.82, 2.24) is 0 Å². The Kier molecular flexibility index (Phi) is 3.57. The van der Waals surface area contributed by atoms with Crippen LogP contribution < -0.4 is 5.32 Å². The lowest BCUT2D eigenvalue weighted by Crippen LogP contribution is -2.31. The molecule has 0 aliphatic heterocycles. The lowest BCUT2D eigenvalue weighted by molar-refractivity contribution is -0.122. The summed E-state index contributed by atoms with van der Waals surface area (Å²) in [6.07, 6.45) is 2.88. The number of nitrogens with one attached hydrogen (secondary N) is 1. The van der Waals surface area contributed by atoms with Crippen LogP contribution in [0.15, 0.2) is 18.2 Å². The van der Waals surface area contributed by atoms with Crippen LogP contribution >= 0.6 is 0 Å². The van der Waals surface area contributed by atoms with Crippen LogP contribution in [0.2, 0.25) is 0 Å². The molecule has 1 aliphatic carbocycles. The molecule has 0 spiro atoms. The van der Waals surface area contributed by atoms with Gasteiger partial charge in [-0.25, -0.2) is 4.39 Å². The maximum absolute atomic E-state index is 13.5. The summed E-state index contributed by atoms with van der Waals surface area (Å²) in [5.74, 6) is -0.808. The molecule has 3 nitrogen and oxygen atoms in total. The Morgan fingerprint density at radius 2 is 2.26 bits per heavy atom. The van der Waals surface area contributed by atoms with Crippen LogP contribution in [-0.4, -0.2) is 5.91 Å². The third kappa shape index (κ3) is 2.60. The van der Waals surface area contributed by atoms with Gasteiger partial charge in [-0.3, -0.25) is 4.79 Å². The van der Waals surface area contributed by atoms with Gasteiger partial charge in [0.2, 0.25) is 5.91 Å². The molecule has 1 N–H and O–H groups in total. The van der Waals surface area contributed by atoms with E-state index in [1.165, 1.54) is 12.1 Å². The van der Waals surface area contributed by atoms with Gasteiger partial charge in [-0.15, -0.1) is 0 Å². The summed E-state index contributed by atoms with van der Waals surface area (Å²) in [7, 11) is 0. The van der Waals surface area contributed by atoms with Crippen molar-refractivity contribution in [2.75, 3.05) is 5.32 Å². The average molecular weight is 260 g/mol. The van der Waals surface area contributed by atoms with Gasteiger partial charge in [-0.05, 0) is 30.4 Å². The minimum atomic E-state index is -0.606. The molecule has 19 heavy (non-hydrogen) atoms. The molecule has 0 radical (unpaired) electrons. The summed E-state index contributed by atoms with van der Waals surface area (Å²) in [5, 5.41) is 11.6. The number of halogens is 1. The number of rotatable bonds is 2. The Balaban J connectivity index is 2.21. The maximum Gasteiger partial charge on any atom is 0.228 e. The number of amides is 1. The van der Waals surface area contributed by atoms with Crippen LogP contribution in [-0.2, 0) is 4.79 Å². The minimum Gasteiger partial charge on any atom is -0.325 e. The predicted molar refractivity (Wildman–Crippen MR) is 70.9 cm³/mol. The van der Waals surface area contributed by atoms with Crippen molar-refractivity contribution >= 4 is 11.6 Å². The number of nitrogens with zero attached hydrogens (tertiary/aromatic N) is 1. The first-order valence-corrected chi connectivity index (χ1v) is 6.45. The van der Waals surface area contributed by atoms with Crippen molar-refractivity contribution in [2.45, 2.75) is 33.1 Å². The molecule has 1 unspecified atom stereocenters. The average Bonchev–Trinajstić information content (AvgIpc) is 2.69. The summed E-state index contributed by atoms with van der Waals surface area (Å²) in [4.78, 5) is 12.3. The van der Waals surface area contributed by atoms with Crippen molar-refractivity contribution < 1.29 is 9.18 Å². The number of anilines is 1. The molecular formula is C15H17FN2O. The van der Waals surface area contributed by atoms with Crippen molar-refractivity contribution in [3.05, 3.63) is 29.6 Å². The van der Waals surface area contributed by atoms with Crippen molar-refractivity contribution in [3.8, 4) is 6.07 Å². The fourth-order valence-corrected chi connectivity index (χ4v) is 2.77. The first kappa shape index (κ1) is 13.5. The molecule has 0 aromatic heterocycles. The van der Waals surface area contributed by atoms with E-state index in [9.17, 15) is 9.18 Å². The van der Waals surface area contributed by atoms with Crippen LogP contribution in [0.25, 0.3) is 0 Å². The number of hydrogen-bond acceptors (Lipinski definition) is 2. The summed E-state index contributed by atoms with van der Waals surface area (Å²) in [6, 6.07) is 6.06. The van der Waals surface area contributed by atoms with Gasteiger partial charge >= 0.3 is 0 Å². The van der Waals surface area contributed by atoms with Gasteiger partial charge in [-0.1, -0.05) is 26.3 Å². The first-order valence-electron chi connectivity index (χ1n) is 6.45. The quantitative estimate of drug-likeness (QED) is 0.885. The number of nitriles is 1. The molecule has 0 bridgehead atoms. The summed E-state index contributed by atoms with van der Waals surface area (Å²) >= 11 is 0. The highest BCUT2D eigenvalue weighted by Gasteiger charge is 2.39. The zero-order chi connectivity index (χ0) is 14.0. The molecule has 1 fully saturated rings. The standard InChI is InChI=1S/C15H17FN2O/c1-15(2)8-4-5-11(15)14(19)18-13-7-3-6-12(16)10(13)9-17/h3,6-7,11H,4-5,8H2,1-2H3,(H,18,19). The number of benzene rings is 1. The smallest absolute Gasteiger partial charge is 0.228 e. The third-order valence-electron chi connectivity index (χ3n) is 3.96. The van der Waals surface area contributed by atoms with Gasteiger partial charge in [0, 0.05) is 5.92 Å².